The van der Waals surface area contributed by atoms with E-state index in [4.69, 9.17) is 0 Å². The molecule has 1 N–H and O–H groups in total. The molecule has 6 nitrogen and oxygen atoms in total. The second kappa shape index (κ2) is 7.48. The van der Waals surface area contributed by atoms with E-state index in [9.17, 15) is 17.8 Å². The Labute approximate surface area is 136 Å². The third kappa shape index (κ3) is 6.69. The van der Waals surface area contributed by atoms with Crippen molar-refractivity contribution in [2.45, 2.75) is 0 Å². The van der Waals surface area contributed by atoms with Gasteiger partial charge in [0.2, 0.25) is 0 Å². The van der Waals surface area contributed by atoms with Crippen molar-refractivity contribution in [1.82, 2.24) is 10.3 Å². The summed E-state index contributed by atoms with van der Waals surface area (Å²) in [6.45, 7) is -0.195. The number of carbonyl (C=O) groups excluding carboxylic acids is 1. The number of pyridine rings is 1. The van der Waals surface area contributed by atoms with E-state index in [1.54, 1.807) is 6.07 Å². The smallest absolute Gasteiger partial charge is 0.748 e. The molecule has 0 radical (unpaired) electrons. The van der Waals surface area contributed by atoms with E-state index in [0.29, 0.717) is 5.56 Å². The van der Waals surface area contributed by atoms with Crippen molar-refractivity contribution in [1.29, 1.82) is 0 Å². The van der Waals surface area contributed by atoms with Crippen LogP contribution in [0.25, 0.3) is 0 Å². The molecule has 1 aromatic rings. The van der Waals surface area contributed by atoms with Gasteiger partial charge in [0.15, 0.2) is 0 Å². The molecule has 0 fully saturated rings. The largest absolute Gasteiger partial charge is 1.00 e. The molecule has 0 unspecified atom stereocenters. The molecule has 8 heteroatoms. The van der Waals surface area contributed by atoms with Gasteiger partial charge in [0.25, 0.3) is 5.91 Å². The zero-order valence-corrected chi connectivity index (χ0v) is 12.7. The molecule has 1 heterocycles. The van der Waals surface area contributed by atoms with Gasteiger partial charge in [0.05, 0.1) is 21.4 Å². The van der Waals surface area contributed by atoms with E-state index in [1.807, 2.05) is 0 Å². The molecular formula is C8H9KN2O4S. The summed E-state index contributed by atoms with van der Waals surface area (Å²) in [5.41, 5.74) is 0.320. The van der Waals surface area contributed by atoms with Gasteiger partial charge in [-0.1, -0.05) is 0 Å². The molecule has 82 valence electrons. The number of carbonyl (C=O) groups is 1. The van der Waals surface area contributed by atoms with Crippen LogP contribution in [0.1, 0.15) is 10.4 Å². The predicted octanol–water partition coefficient (Wildman–Crippen LogP) is -3.64. The van der Waals surface area contributed by atoms with Crippen LogP contribution in [-0.2, 0) is 10.1 Å². The van der Waals surface area contributed by atoms with Gasteiger partial charge in [0, 0.05) is 18.9 Å². The predicted molar refractivity (Wildman–Crippen MR) is 51.1 cm³/mol. The molecule has 16 heavy (non-hydrogen) atoms. The summed E-state index contributed by atoms with van der Waals surface area (Å²) in [6, 6.07) is 3.12. The van der Waals surface area contributed by atoms with Gasteiger partial charge in [0.1, 0.15) is 0 Å². The fourth-order valence-electron chi connectivity index (χ4n) is 0.889. The average molecular weight is 268 g/mol. The Balaban J connectivity index is 0.00000225. The summed E-state index contributed by atoms with van der Waals surface area (Å²) < 4.78 is 30.7. The first-order chi connectivity index (χ1) is 6.99. The van der Waals surface area contributed by atoms with Crippen LogP contribution < -0.4 is 56.7 Å². The molecule has 0 aliphatic rings. The van der Waals surface area contributed by atoms with Crippen molar-refractivity contribution in [2.75, 3.05) is 12.3 Å². The number of hydrogen-bond acceptors (Lipinski definition) is 5. The molecule has 0 spiro atoms. The van der Waals surface area contributed by atoms with Crippen molar-refractivity contribution in [3.05, 3.63) is 30.1 Å². The summed E-state index contributed by atoms with van der Waals surface area (Å²) >= 11 is 0. The minimum Gasteiger partial charge on any atom is -0.748 e. The number of aromatic nitrogens is 1. The standard InChI is InChI=1S/C8H10N2O4S.K/c11-8(7-2-1-3-9-6-7)10-4-5-15(12,13)14;/h1-3,6H,4-5H2,(H,10,11)(H,12,13,14);/q;+1/p-1. The first-order valence-electron chi connectivity index (χ1n) is 4.11. The zero-order valence-electron chi connectivity index (χ0n) is 8.71. The van der Waals surface area contributed by atoms with Crippen LogP contribution >= 0.6 is 0 Å². The number of nitrogens with zero attached hydrogens (tertiary/aromatic N) is 1. The minimum atomic E-state index is -4.28. The molecule has 0 aliphatic carbocycles. The van der Waals surface area contributed by atoms with E-state index in [1.165, 1.54) is 18.5 Å². The normalized spacial score (nSPS) is 10.3. The third-order valence-electron chi connectivity index (χ3n) is 1.56. The number of amides is 1. The SMILES string of the molecule is O=C(NCCS(=O)(=O)[O-])c1cccnc1.[K+]. The molecule has 1 aromatic heterocycles. The first kappa shape index (κ1) is 16.2. The van der Waals surface area contributed by atoms with Crippen LogP contribution in [0.4, 0.5) is 0 Å². The van der Waals surface area contributed by atoms with Gasteiger partial charge < -0.3 is 9.87 Å². The van der Waals surface area contributed by atoms with Crippen molar-refractivity contribution >= 4 is 16.0 Å². The van der Waals surface area contributed by atoms with Crippen LogP contribution in [0.3, 0.4) is 0 Å². The topological polar surface area (TPSA) is 99.2 Å². The van der Waals surface area contributed by atoms with E-state index in [-0.39, 0.29) is 57.9 Å². The second-order valence-electron chi connectivity index (χ2n) is 2.76. The summed E-state index contributed by atoms with van der Waals surface area (Å²) in [5.74, 6) is -1.06. The molecular weight excluding hydrogens is 259 g/mol. The quantitative estimate of drug-likeness (QED) is 0.448. The Hall–Kier alpha value is 0.166. The van der Waals surface area contributed by atoms with Crippen molar-refractivity contribution in [2.24, 2.45) is 0 Å². The van der Waals surface area contributed by atoms with Gasteiger partial charge in [-0.25, -0.2) is 8.42 Å². The van der Waals surface area contributed by atoms with Gasteiger partial charge in [-0.05, 0) is 12.1 Å². The fourth-order valence-corrected chi connectivity index (χ4v) is 1.24. The third-order valence-corrected chi connectivity index (χ3v) is 2.27. The Kier molecular flexibility index (Phi) is 7.56. The maximum Gasteiger partial charge on any atom is 1.00 e. The van der Waals surface area contributed by atoms with Gasteiger partial charge in [-0.2, -0.15) is 0 Å². The van der Waals surface area contributed by atoms with Crippen LogP contribution in [0.5, 0.6) is 0 Å². The summed E-state index contributed by atoms with van der Waals surface area (Å²) in [5, 5.41) is 2.30. The minimum absolute atomic E-state index is 0. The van der Waals surface area contributed by atoms with Crippen LogP contribution in [0.2, 0.25) is 0 Å². The number of rotatable bonds is 4. The van der Waals surface area contributed by atoms with E-state index in [0.717, 1.165) is 0 Å². The fraction of sp³-hybridized carbons (Fsp3) is 0.250. The van der Waals surface area contributed by atoms with Crippen LogP contribution in [0.15, 0.2) is 24.5 Å². The summed E-state index contributed by atoms with van der Waals surface area (Å²) in [7, 11) is -4.28. The number of hydrogen-bond donors (Lipinski definition) is 1. The maximum absolute atomic E-state index is 11.3. The van der Waals surface area contributed by atoms with Gasteiger partial charge in [-0.3, -0.25) is 9.78 Å². The molecule has 0 saturated heterocycles. The number of nitrogens with one attached hydrogen (secondary N) is 1. The van der Waals surface area contributed by atoms with E-state index >= 15 is 0 Å². The molecule has 0 saturated carbocycles. The van der Waals surface area contributed by atoms with Crippen LogP contribution in [-0.4, -0.2) is 36.2 Å². The molecule has 1 rings (SSSR count). The second-order valence-corrected chi connectivity index (χ2v) is 4.28. The molecule has 0 aromatic carbocycles. The summed E-state index contributed by atoms with van der Waals surface area (Å²) in [6.07, 6.45) is 2.86. The maximum atomic E-state index is 11.3. The van der Waals surface area contributed by atoms with Crippen molar-refractivity contribution in [3.63, 3.8) is 0 Å². The molecule has 0 atom stereocenters. The molecule has 0 bridgehead atoms. The Bertz CT molecular complexity index is 435. The van der Waals surface area contributed by atoms with Gasteiger partial charge >= 0.3 is 51.4 Å². The van der Waals surface area contributed by atoms with Crippen LogP contribution in [0, 0.1) is 0 Å². The van der Waals surface area contributed by atoms with Crippen molar-refractivity contribution < 1.29 is 69.1 Å². The van der Waals surface area contributed by atoms with E-state index in [2.05, 4.69) is 10.3 Å². The monoisotopic (exact) mass is 268 g/mol. The van der Waals surface area contributed by atoms with Gasteiger partial charge in [-0.15, -0.1) is 0 Å². The van der Waals surface area contributed by atoms with Crippen molar-refractivity contribution in [3.8, 4) is 0 Å². The zero-order chi connectivity index (χ0) is 11.3. The summed E-state index contributed by atoms with van der Waals surface area (Å²) in [4.78, 5) is 15.0. The van der Waals surface area contributed by atoms with E-state index < -0.39 is 21.8 Å². The Morgan fingerprint density at radius 3 is 2.69 bits per heavy atom. The average Bonchev–Trinajstić information content (AvgIpc) is 2.17. The Morgan fingerprint density at radius 1 is 1.50 bits per heavy atom. The first-order valence-corrected chi connectivity index (χ1v) is 5.68. The molecule has 1 amide bonds. The molecule has 0 aliphatic heterocycles. The Morgan fingerprint density at radius 2 is 2.19 bits per heavy atom.